The van der Waals surface area contributed by atoms with E-state index in [0.29, 0.717) is 11.6 Å². The van der Waals surface area contributed by atoms with Crippen molar-refractivity contribution in [2.45, 2.75) is 20.0 Å². The monoisotopic (exact) mass is 230 g/mol. The van der Waals surface area contributed by atoms with Gasteiger partial charge in [0.2, 0.25) is 0 Å². The predicted octanol–water partition coefficient (Wildman–Crippen LogP) is 3.76. The minimum atomic E-state index is -4.29. The molecule has 0 saturated carbocycles. The fraction of sp³-hybridized carbons (Fsp3) is 0.364. The molecule has 0 aliphatic heterocycles. The van der Waals surface area contributed by atoms with Gasteiger partial charge >= 0.3 is 6.18 Å². The van der Waals surface area contributed by atoms with Gasteiger partial charge in [-0.3, -0.25) is 5.43 Å². The molecule has 0 saturated heterocycles. The van der Waals surface area contributed by atoms with Gasteiger partial charge in [-0.2, -0.15) is 18.3 Å². The Balaban J connectivity index is 2.65. The number of halogens is 3. The highest BCUT2D eigenvalue weighted by Gasteiger charge is 2.29. The Labute approximate surface area is 92.2 Å². The summed E-state index contributed by atoms with van der Waals surface area (Å²) in [5.41, 5.74) is 2.53. The number of nitrogens with zero attached hydrogens (tertiary/aromatic N) is 1. The first-order valence-electron chi connectivity index (χ1n) is 4.86. The predicted molar refractivity (Wildman–Crippen MR) is 58.4 cm³/mol. The van der Waals surface area contributed by atoms with Crippen molar-refractivity contribution in [3.63, 3.8) is 0 Å². The molecule has 0 radical (unpaired) electrons. The number of benzene rings is 1. The lowest BCUT2D eigenvalue weighted by Gasteiger charge is -2.07. The van der Waals surface area contributed by atoms with E-state index in [9.17, 15) is 13.2 Å². The zero-order valence-corrected chi connectivity index (χ0v) is 9.05. The van der Waals surface area contributed by atoms with E-state index in [1.165, 1.54) is 12.1 Å². The summed E-state index contributed by atoms with van der Waals surface area (Å²) in [6.45, 7) is 3.91. The molecule has 5 heteroatoms. The fourth-order valence-electron chi connectivity index (χ4n) is 0.995. The number of hydrogen-bond acceptors (Lipinski definition) is 2. The van der Waals surface area contributed by atoms with E-state index in [-0.39, 0.29) is 0 Å². The van der Waals surface area contributed by atoms with Crippen molar-refractivity contribution in [2.75, 3.05) is 5.43 Å². The SMILES string of the molecule is CC(C)C=NNc1ccc(C(F)(F)F)cc1. The lowest BCUT2D eigenvalue weighted by atomic mass is 10.2. The maximum absolute atomic E-state index is 12.2. The molecule has 0 aliphatic rings. The van der Waals surface area contributed by atoms with E-state index in [2.05, 4.69) is 10.5 Å². The van der Waals surface area contributed by atoms with E-state index >= 15 is 0 Å². The highest BCUT2D eigenvalue weighted by molar-refractivity contribution is 5.61. The van der Waals surface area contributed by atoms with Crippen molar-refractivity contribution in [3.05, 3.63) is 29.8 Å². The molecule has 88 valence electrons. The van der Waals surface area contributed by atoms with Gasteiger partial charge in [-0.25, -0.2) is 0 Å². The van der Waals surface area contributed by atoms with E-state index in [1.807, 2.05) is 13.8 Å². The lowest BCUT2D eigenvalue weighted by molar-refractivity contribution is -0.137. The van der Waals surface area contributed by atoms with Crippen molar-refractivity contribution >= 4 is 11.9 Å². The van der Waals surface area contributed by atoms with Gasteiger partial charge in [0.05, 0.1) is 11.3 Å². The number of anilines is 1. The molecule has 0 atom stereocenters. The first-order chi connectivity index (χ1) is 7.39. The summed E-state index contributed by atoms with van der Waals surface area (Å²) in [6.07, 6.45) is -2.61. The van der Waals surface area contributed by atoms with Gasteiger partial charge in [-0.1, -0.05) is 13.8 Å². The van der Waals surface area contributed by atoms with Gasteiger partial charge in [0.25, 0.3) is 0 Å². The first-order valence-corrected chi connectivity index (χ1v) is 4.86. The Morgan fingerprint density at radius 3 is 2.19 bits per heavy atom. The van der Waals surface area contributed by atoms with Gasteiger partial charge in [0.1, 0.15) is 0 Å². The molecule has 0 bridgehead atoms. The van der Waals surface area contributed by atoms with Crippen LogP contribution in [0.4, 0.5) is 18.9 Å². The third-order valence-corrected chi connectivity index (χ3v) is 1.78. The highest BCUT2D eigenvalue weighted by Crippen LogP contribution is 2.29. The molecular formula is C11H13F3N2. The standard InChI is InChI=1S/C11H13F3N2/c1-8(2)7-15-16-10-5-3-9(4-6-10)11(12,13)14/h3-8,16H,1-2H3. The molecule has 1 N–H and O–H groups in total. The smallest absolute Gasteiger partial charge is 0.279 e. The Morgan fingerprint density at radius 2 is 1.75 bits per heavy atom. The van der Waals surface area contributed by atoms with Crippen LogP contribution in [0, 0.1) is 5.92 Å². The van der Waals surface area contributed by atoms with Gasteiger partial charge < -0.3 is 0 Å². The maximum Gasteiger partial charge on any atom is 0.416 e. The molecule has 0 amide bonds. The average molecular weight is 230 g/mol. The number of nitrogens with one attached hydrogen (secondary N) is 1. The topological polar surface area (TPSA) is 24.4 Å². The van der Waals surface area contributed by atoms with Gasteiger partial charge in [-0.05, 0) is 30.2 Å². The third-order valence-electron chi connectivity index (χ3n) is 1.78. The average Bonchev–Trinajstić information content (AvgIpc) is 2.16. The molecule has 0 unspecified atom stereocenters. The number of alkyl halides is 3. The summed E-state index contributed by atoms with van der Waals surface area (Å²) >= 11 is 0. The van der Waals surface area contributed by atoms with Crippen LogP contribution in [0.2, 0.25) is 0 Å². The second kappa shape index (κ2) is 5.01. The normalized spacial score (nSPS) is 12.4. The van der Waals surface area contributed by atoms with Crippen LogP contribution < -0.4 is 5.43 Å². The number of rotatable bonds is 3. The largest absolute Gasteiger partial charge is 0.416 e. The molecule has 2 nitrogen and oxygen atoms in total. The van der Waals surface area contributed by atoms with Crippen LogP contribution in [0.5, 0.6) is 0 Å². The van der Waals surface area contributed by atoms with E-state index in [1.54, 1.807) is 6.21 Å². The third kappa shape index (κ3) is 3.92. The minimum Gasteiger partial charge on any atom is -0.279 e. The Bertz CT molecular complexity index is 352. The number of hydrogen-bond donors (Lipinski definition) is 1. The molecule has 1 aromatic rings. The minimum absolute atomic E-state index is 0.293. The summed E-state index contributed by atoms with van der Waals surface area (Å²) in [6, 6.07) is 4.74. The van der Waals surface area contributed by atoms with E-state index < -0.39 is 11.7 Å². The van der Waals surface area contributed by atoms with Gasteiger partial charge in [0.15, 0.2) is 0 Å². The van der Waals surface area contributed by atoms with Gasteiger partial charge in [0, 0.05) is 6.21 Å². The molecule has 0 aliphatic carbocycles. The second-order valence-electron chi connectivity index (χ2n) is 3.71. The summed E-state index contributed by atoms with van der Waals surface area (Å²) < 4.78 is 36.7. The number of hydrazone groups is 1. The Morgan fingerprint density at radius 1 is 1.19 bits per heavy atom. The molecule has 16 heavy (non-hydrogen) atoms. The molecule has 0 fully saturated rings. The molecular weight excluding hydrogens is 217 g/mol. The quantitative estimate of drug-likeness (QED) is 0.620. The van der Waals surface area contributed by atoms with Crippen LogP contribution >= 0.6 is 0 Å². The first kappa shape index (κ1) is 12.5. The molecule has 0 aromatic heterocycles. The summed E-state index contributed by atoms with van der Waals surface area (Å²) in [4.78, 5) is 0. The van der Waals surface area contributed by atoms with Crippen LogP contribution in [-0.4, -0.2) is 6.21 Å². The lowest BCUT2D eigenvalue weighted by Crippen LogP contribution is -2.04. The van der Waals surface area contributed by atoms with Crippen LogP contribution in [0.3, 0.4) is 0 Å². The zero-order chi connectivity index (χ0) is 12.2. The zero-order valence-electron chi connectivity index (χ0n) is 9.05. The summed E-state index contributed by atoms with van der Waals surface area (Å²) in [5, 5.41) is 3.88. The van der Waals surface area contributed by atoms with Crippen LogP contribution in [-0.2, 0) is 6.18 Å². The van der Waals surface area contributed by atoms with Crippen molar-refractivity contribution in [2.24, 2.45) is 11.0 Å². The molecule has 1 rings (SSSR count). The van der Waals surface area contributed by atoms with Crippen molar-refractivity contribution < 1.29 is 13.2 Å². The molecule has 0 spiro atoms. The van der Waals surface area contributed by atoms with Crippen LogP contribution in [0.15, 0.2) is 29.4 Å². The van der Waals surface area contributed by atoms with E-state index in [4.69, 9.17) is 0 Å². The van der Waals surface area contributed by atoms with Crippen molar-refractivity contribution in [1.29, 1.82) is 0 Å². The fourth-order valence-corrected chi connectivity index (χ4v) is 0.995. The van der Waals surface area contributed by atoms with Crippen molar-refractivity contribution in [1.82, 2.24) is 0 Å². The Kier molecular flexibility index (Phi) is 3.93. The van der Waals surface area contributed by atoms with Crippen LogP contribution in [0.25, 0.3) is 0 Å². The summed E-state index contributed by atoms with van der Waals surface area (Å²) in [5.74, 6) is 0.293. The second-order valence-corrected chi connectivity index (χ2v) is 3.71. The molecule has 0 heterocycles. The van der Waals surface area contributed by atoms with Crippen LogP contribution in [0.1, 0.15) is 19.4 Å². The Hall–Kier alpha value is -1.52. The summed E-state index contributed by atoms with van der Waals surface area (Å²) in [7, 11) is 0. The highest BCUT2D eigenvalue weighted by atomic mass is 19.4. The molecule has 1 aromatic carbocycles. The van der Waals surface area contributed by atoms with Gasteiger partial charge in [-0.15, -0.1) is 0 Å². The van der Waals surface area contributed by atoms with E-state index in [0.717, 1.165) is 12.1 Å². The van der Waals surface area contributed by atoms with Crippen molar-refractivity contribution in [3.8, 4) is 0 Å². The maximum atomic E-state index is 12.2.